The number of likely N-dealkylation sites (tertiary alicyclic amines) is 1. The Hall–Kier alpha value is -1.49. The van der Waals surface area contributed by atoms with Crippen molar-refractivity contribution in [2.24, 2.45) is 11.8 Å². The topological polar surface area (TPSA) is 57.6 Å². The Bertz CT molecular complexity index is 604. The first-order valence-corrected chi connectivity index (χ1v) is 9.37. The molecule has 0 aromatic heterocycles. The van der Waals surface area contributed by atoms with E-state index >= 15 is 0 Å². The number of carbonyl (C=O) groups excluding carboxylic acids is 1. The van der Waals surface area contributed by atoms with E-state index in [4.69, 9.17) is 0 Å². The average molecular weight is 333 g/mol. The molecule has 1 N–H and O–H groups in total. The Kier molecular flexibility index (Phi) is 4.95. The molecule has 23 heavy (non-hydrogen) atoms. The van der Waals surface area contributed by atoms with E-state index in [0.717, 1.165) is 25.0 Å². The summed E-state index contributed by atoms with van der Waals surface area (Å²) < 4.78 is 0. The summed E-state index contributed by atoms with van der Waals surface area (Å²) in [5.74, 6) is 0.837. The number of carboxylic acids is 1. The van der Waals surface area contributed by atoms with Crippen molar-refractivity contribution in [3.63, 3.8) is 0 Å². The fourth-order valence-corrected chi connectivity index (χ4v) is 4.88. The SMILES string of the molecule is Cc1cccc(CSCC(=O)N2CC3CCCC3C2C(=O)O)c1. The number of benzene rings is 1. The molecule has 2 fully saturated rings. The van der Waals surface area contributed by atoms with Crippen molar-refractivity contribution in [2.75, 3.05) is 12.3 Å². The summed E-state index contributed by atoms with van der Waals surface area (Å²) >= 11 is 1.57. The Morgan fingerprint density at radius 3 is 2.91 bits per heavy atom. The maximum Gasteiger partial charge on any atom is 0.326 e. The summed E-state index contributed by atoms with van der Waals surface area (Å²) in [7, 11) is 0. The first-order chi connectivity index (χ1) is 11.1. The third-order valence-corrected chi connectivity index (χ3v) is 6.03. The Balaban J connectivity index is 1.56. The lowest BCUT2D eigenvalue weighted by atomic mass is 9.94. The highest BCUT2D eigenvalue weighted by molar-refractivity contribution is 7.99. The molecule has 1 saturated carbocycles. The van der Waals surface area contributed by atoms with Crippen molar-refractivity contribution in [2.45, 2.75) is 38.0 Å². The molecule has 0 spiro atoms. The second-order valence-electron chi connectivity index (χ2n) is 6.67. The van der Waals surface area contributed by atoms with Crippen molar-refractivity contribution in [3.8, 4) is 0 Å². The van der Waals surface area contributed by atoms with Crippen LogP contribution in [0, 0.1) is 18.8 Å². The summed E-state index contributed by atoms with van der Waals surface area (Å²) in [6.45, 7) is 2.69. The van der Waals surface area contributed by atoms with Crippen LogP contribution in [-0.2, 0) is 15.3 Å². The fourth-order valence-electron chi connectivity index (χ4n) is 4.02. The van der Waals surface area contributed by atoms with E-state index in [2.05, 4.69) is 25.1 Å². The van der Waals surface area contributed by atoms with Gasteiger partial charge in [-0.2, -0.15) is 0 Å². The van der Waals surface area contributed by atoms with E-state index in [-0.39, 0.29) is 11.8 Å². The number of amides is 1. The molecule has 3 rings (SSSR count). The number of aryl methyl sites for hydroxylation is 1. The normalized spacial score (nSPS) is 26.3. The molecule has 1 amide bonds. The van der Waals surface area contributed by atoms with E-state index in [9.17, 15) is 14.7 Å². The van der Waals surface area contributed by atoms with Crippen LogP contribution in [0.5, 0.6) is 0 Å². The zero-order chi connectivity index (χ0) is 16.4. The van der Waals surface area contributed by atoms with E-state index in [0.29, 0.717) is 18.2 Å². The Morgan fingerprint density at radius 2 is 2.17 bits per heavy atom. The van der Waals surface area contributed by atoms with Crippen LogP contribution in [0.15, 0.2) is 24.3 Å². The molecule has 5 heteroatoms. The third-order valence-electron chi connectivity index (χ3n) is 5.04. The molecular formula is C18H23NO3S. The first-order valence-electron chi connectivity index (χ1n) is 8.22. The van der Waals surface area contributed by atoms with E-state index < -0.39 is 12.0 Å². The van der Waals surface area contributed by atoms with Gasteiger partial charge >= 0.3 is 5.97 Å². The molecule has 4 nitrogen and oxygen atoms in total. The van der Waals surface area contributed by atoms with Gasteiger partial charge < -0.3 is 10.0 Å². The highest BCUT2D eigenvalue weighted by Gasteiger charge is 2.49. The molecule has 124 valence electrons. The molecule has 2 aliphatic rings. The first kappa shape index (κ1) is 16.4. The van der Waals surface area contributed by atoms with Crippen LogP contribution in [0.3, 0.4) is 0 Å². The predicted molar refractivity (Wildman–Crippen MR) is 91.3 cm³/mol. The van der Waals surface area contributed by atoms with Gasteiger partial charge in [0.25, 0.3) is 0 Å². The Morgan fingerprint density at radius 1 is 1.35 bits per heavy atom. The van der Waals surface area contributed by atoms with Crippen LogP contribution < -0.4 is 0 Å². The summed E-state index contributed by atoms with van der Waals surface area (Å²) in [5, 5.41) is 9.51. The summed E-state index contributed by atoms with van der Waals surface area (Å²) in [4.78, 5) is 25.7. The minimum atomic E-state index is -0.837. The van der Waals surface area contributed by atoms with Crippen LogP contribution in [0.2, 0.25) is 0 Å². The highest BCUT2D eigenvalue weighted by Crippen LogP contribution is 2.42. The Labute approximate surface area is 141 Å². The predicted octanol–water partition coefficient (Wildman–Crippen LogP) is 2.94. The van der Waals surface area contributed by atoms with Gasteiger partial charge in [-0.3, -0.25) is 4.79 Å². The molecule has 1 aliphatic carbocycles. The van der Waals surface area contributed by atoms with Crippen molar-refractivity contribution in [3.05, 3.63) is 35.4 Å². The van der Waals surface area contributed by atoms with Crippen LogP contribution in [0.1, 0.15) is 30.4 Å². The molecule has 1 aliphatic heterocycles. The standard InChI is InChI=1S/C18H23NO3S/c1-12-4-2-5-13(8-12)10-23-11-16(20)19-9-14-6-3-7-15(14)17(19)18(21)22/h2,4-5,8,14-15,17H,3,6-7,9-11H2,1H3,(H,21,22). The summed E-state index contributed by atoms with van der Waals surface area (Å²) in [6.07, 6.45) is 3.11. The molecule has 1 heterocycles. The lowest BCUT2D eigenvalue weighted by Gasteiger charge is -2.24. The zero-order valence-corrected chi connectivity index (χ0v) is 14.2. The van der Waals surface area contributed by atoms with Crippen molar-refractivity contribution in [1.29, 1.82) is 0 Å². The number of rotatable bonds is 5. The van der Waals surface area contributed by atoms with Gasteiger partial charge in [-0.1, -0.05) is 36.2 Å². The minimum Gasteiger partial charge on any atom is -0.480 e. The number of nitrogens with zero attached hydrogens (tertiary/aromatic N) is 1. The fraction of sp³-hybridized carbons (Fsp3) is 0.556. The zero-order valence-electron chi connectivity index (χ0n) is 13.4. The number of thioether (sulfide) groups is 1. The van der Waals surface area contributed by atoms with E-state index in [1.807, 2.05) is 6.07 Å². The monoisotopic (exact) mass is 333 g/mol. The molecule has 0 radical (unpaired) electrons. The minimum absolute atomic E-state index is 0.0237. The van der Waals surface area contributed by atoms with Crippen LogP contribution in [0.25, 0.3) is 0 Å². The van der Waals surface area contributed by atoms with Gasteiger partial charge in [-0.05, 0) is 37.2 Å². The molecule has 3 unspecified atom stereocenters. The number of hydrogen-bond acceptors (Lipinski definition) is 3. The molecule has 1 saturated heterocycles. The second kappa shape index (κ2) is 6.95. The average Bonchev–Trinajstić information content (AvgIpc) is 3.06. The van der Waals surface area contributed by atoms with Crippen LogP contribution in [0.4, 0.5) is 0 Å². The number of aliphatic carboxylic acids is 1. The molecule has 3 atom stereocenters. The van der Waals surface area contributed by atoms with Crippen molar-refractivity contribution < 1.29 is 14.7 Å². The third kappa shape index (κ3) is 3.55. The van der Waals surface area contributed by atoms with Crippen LogP contribution >= 0.6 is 11.8 Å². The number of fused-ring (bicyclic) bond motifs is 1. The molecular weight excluding hydrogens is 310 g/mol. The van der Waals surface area contributed by atoms with Crippen molar-refractivity contribution >= 4 is 23.6 Å². The molecule has 1 aromatic carbocycles. The quantitative estimate of drug-likeness (QED) is 0.900. The van der Waals surface area contributed by atoms with Gasteiger partial charge in [-0.15, -0.1) is 11.8 Å². The van der Waals surface area contributed by atoms with Gasteiger partial charge in [0.2, 0.25) is 5.91 Å². The molecule has 1 aromatic rings. The number of carbonyl (C=O) groups is 2. The molecule has 0 bridgehead atoms. The smallest absolute Gasteiger partial charge is 0.326 e. The van der Waals surface area contributed by atoms with Gasteiger partial charge in [-0.25, -0.2) is 4.79 Å². The van der Waals surface area contributed by atoms with Gasteiger partial charge in [0.05, 0.1) is 5.75 Å². The van der Waals surface area contributed by atoms with Gasteiger partial charge in [0.1, 0.15) is 6.04 Å². The largest absolute Gasteiger partial charge is 0.480 e. The number of carboxylic acid groups (broad SMARTS) is 1. The van der Waals surface area contributed by atoms with Crippen molar-refractivity contribution in [1.82, 2.24) is 4.90 Å². The van der Waals surface area contributed by atoms with E-state index in [1.54, 1.807) is 16.7 Å². The number of hydrogen-bond donors (Lipinski definition) is 1. The lowest BCUT2D eigenvalue weighted by molar-refractivity contribution is -0.148. The summed E-state index contributed by atoms with van der Waals surface area (Å²) in [6, 6.07) is 7.66. The van der Waals surface area contributed by atoms with Gasteiger partial charge in [0, 0.05) is 12.3 Å². The van der Waals surface area contributed by atoms with Gasteiger partial charge in [0.15, 0.2) is 0 Å². The summed E-state index contributed by atoms with van der Waals surface area (Å²) in [5.41, 5.74) is 2.42. The van der Waals surface area contributed by atoms with E-state index in [1.165, 1.54) is 11.1 Å². The lowest BCUT2D eigenvalue weighted by Crippen LogP contribution is -2.44. The van der Waals surface area contributed by atoms with Crippen LogP contribution in [-0.4, -0.2) is 40.2 Å². The highest BCUT2D eigenvalue weighted by atomic mass is 32.2. The maximum absolute atomic E-state index is 12.5. The second-order valence-corrected chi connectivity index (χ2v) is 7.65. The maximum atomic E-state index is 12.5.